The summed E-state index contributed by atoms with van der Waals surface area (Å²) in [7, 11) is 0. The molecule has 0 radical (unpaired) electrons. The van der Waals surface area contributed by atoms with Gasteiger partial charge in [0.1, 0.15) is 16.2 Å². The second kappa shape index (κ2) is 3.37. The zero-order valence-corrected chi connectivity index (χ0v) is 10.1. The molecule has 2 heterocycles. The number of furan rings is 1. The molecule has 3 aromatic rings. The molecule has 0 bridgehead atoms. The number of benzene rings is 1. The molecule has 0 fully saturated rings. The van der Waals surface area contributed by atoms with Crippen molar-refractivity contribution >= 4 is 33.5 Å². The van der Waals surface area contributed by atoms with Crippen molar-refractivity contribution < 1.29 is 8.83 Å². The third-order valence-corrected chi connectivity index (χ3v) is 3.42. The molecule has 0 unspecified atom stereocenters. The minimum Gasteiger partial charge on any atom is -0.464 e. The molecule has 0 aliphatic rings. The lowest BCUT2D eigenvalue weighted by Crippen LogP contribution is -2.01. The lowest BCUT2D eigenvalue weighted by atomic mass is 10.1. The van der Waals surface area contributed by atoms with Crippen LogP contribution >= 0.6 is 11.6 Å². The van der Waals surface area contributed by atoms with Crippen LogP contribution in [0.1, 0.15) is 11.1 Å². The average Bonchev–Trinajstić information content (AvgIpc) is 2.66. The molecule has 17 heavy (non-hydrogen) atoms. The summed E-state index contributed by atoms with van der Waals surface area (Å²) in [5, 5.41) is 1.98. The van der Waals surface area contributed by atoms with Crippen LogP contribution in [-0.4, -0.2) is 0 Å². The molecule has 86 valence electrons. The van der Waals surface area contributed by atoms with Crippen LogP contribution in [0.15, 0.2) is 32.0 Å². The van der Waals surface area contributed by atoms with Crippen molar-refractivity contribution in [1.82, 2.24) is 0 Å². The van der Waals surface area contributed by atoms with Crippen molar-refractivity contribution in [2.24, 2.45) is 0 Å². The Kier molecular flexibility index (Phi) is 2.07. The Balaban J connectivity index is 2.58. The lowest BCUT2D eigenvalue weighted by molar-refractivity contribution is 0.558. The molecule has 0 amide bonds. The van der Waals surface area contributed by atoms with Gasteiger partial charge in [0.05, 0.1) is 6.26 Å². The Morgan fingerprint density at radius 3 is 2.65 bits per heavy atom. The fourth-order valence-corrected chi connectivity index (χ4v) is 2.12. The van der Waals surface area contributed by atoms with E-state index >= 15 is 0 Å². The molecule has 0 aliphatic heterocycles. The summed E-state index contributed by atoms with van der Waals surface area (Å²) in [6.07, 6.45) is 1.68. The van der Waals surface area contributed by atoms with Gasteiger partial charge in [-0.25, -0.2) is 4.79 Å². The molecule has 2 aromatic heterocycles. The smallest absolute Gasteiger partial charge is 0.355 e. The number of hydrogen-bond acceptors (Lipinski definition) is 3. The third-order valence-electron chi connectivity index (χ3n) is 2.98. The Labute approximate surface area is 102 Å². The van der Waals surface area contributed by atoms with Crippen LogP contribution in [0.2, 0.25) is 5.02 Å². The normalized spacial score (nSPS) is 11.5. The Morgan fingerprint density at radius 1 is 1.12 bits per heavy atom. The van der Waals surface area contributed by atoms with Crippen LogP contribution in [0.5, 0.6) is 0 Å². The number of halogens is 1. The SMILES string of the molecule is Cc1coc2cc3oc(=O)c(Cl)c(C)c3cc12. The van der Waals surface area contributed by atoms with Crippen LogP contribution in [-0.2, 0) is 0 Å². The van der Waals surface area contributed by atoms with E-state index < -0.39 is 5.63 Å². The summed E-state index contributed by atoms with van der Waals surface area (Å²) in [5.74, 6) is 0. The largest absolute Gasteiger partial charge is 0.464 e. The van der Waals surface area contributed by atoms with Gasteiger partial charge in [-0.2, -0.15) is 0 Å². The predicted octanol–water partition coefficient (Wildman–Crippen LogP) is 3.81. The van der Waals surface area contributed by atoms with E-state index in [0.717, 1.165) is 21.9 Å². The van der Waals surface area contributed by atoms with Gasteiger partial charge in [0.15, 0.2) is 0 Å². The summed E-state index contributed by atoms with van der Waals surface area (Å²) in [6.45, 7) is 3.77. The first-order valence-electron chi connectivity index (χ1n) is 5.18. The first-order chi connectivity index (χ1) is 8.08. The van der Waals surface area contributed by atoms with Crippen molar-refractivity contribution in [3.8, 4) is 0 Å². The van der Waals surface area contributed by atoms with Gasteiger partial charge in [-0.3, -0.25) is 0 Å². The molecule has 1 aromatic carbocycles. The Hall–Kier alpha value is -1.74. The summed E-state index contributed by atoms with van der Waals surface area (Å²) >= 11 is 5.89. The maximum atomic E-state index is 11.5. The number of aryl methyl sites for hydroxylation is 2. The zero-order valence-electron chi connectivity index (χ0n) is 9.33. The van der Waals surface area contributed by atoms with Gasteiger partial charge in [0.2, 0.25) is 0 Å². The van der Waals surface area contributed by atoms with Crippen molar-refractivity contribution in [3.63, 3.8) is 0 Å². The van der Waals surface area contributed by atoms with Gasteiger partial charge >= 0.3 is 5.63 Å². The van der Waals surface area contributed by atoms with E-state index in [4.69, 9.17) is 20.4 Å². The van der Waals surface area contributed by atoms with E-state index in [1.807, 2.05) is 19.9 Å². The van der Waals surface area contributed by atoms with Gasteiger partial charge in [0.25, 0.3) is 0 Å². The van der Waals surface area contributed by atoms with E-state index in [0.29, 0.717) is 11.2 Å². The third kappa shape index (κ3) is 1.39. The van der Waals surface area contributed by atoms with E-state index in [1.54, 1.807) is 12.3 Å². The fourth-order valence-electron chi connectivity index (χ4n) is 1.98. The van der Waals surface area contributed by atoms with E-state index in [9.17, 15) is 4.79 Å². The van der Waals surface area contributed by atoms with Crippen LogP contribution < -0.4 is 5.63 Å². The van der Waals surface area contributed by atoms with Gasteiger partial charge < -0.3 is 8.83 Å². The molecule has 4 heteroatoms. The Morgan fingerprint density at radius 2 is 1.88 bits per heavy atom. The monoisotopic (exact) mass is 248 g/mol. The summed E-state index contributed by atoms with van der Waals surface area (Å²) in [5.41, 5.74) is 2.47. The highest BCUT2D eigenvalue weighted by molar-refractivity contribution is 6.31. The maximum absolute atomic E-state index is 11.5. The predicted molar refractivity (Wildman–Crippen MR) is 66.7 cm³/mol. The summed E-state index contributed by atoms with van der Waals surface area (Å²) in [4.78, 5) is 11.5. The second-order valence-electron chi connectivity index (χ2n) is 4.09. The van der Waals surface area contributed by atoms with Crippen LogP contribution in [0, 0.1) is 13.8 Å². The standard InChI is InChI=1S/C13H9ClO3/c1-6-5-16-10-4-11-9(3-8(6)10)7(2)12(14)13(15)17-11/h3-5H,1-2H3. The highest BCUT2D eigenvalue weighted by atomic mass is 35.5. The van der Waals surface area contributed by atoms with Gasteiger partial charge in [-0.1, -0.05) is 11.6 Å². The molecular formula is C13H9ClO3. The Bertz CT molecular complexity index is 796. The van der Waals surface area contributed by atoms with E-state index in [1.165, 1.54) is 0 Å². The molecule has 0 N–H and O–H groups in total. The van der Waals surface area contributed by atoms with Gasteiger partial charge in [0, 0.05) is 16.8 Å². The first-order valence-corrected chi connectivity index (χ1v) is 5.56. The molecule has 0 saturated carbocycles. The maximum Gasteiger partial charge on any atom is 0.355 e. The molecule has 0 atom stereocenters. The van der Waals surface area contributed by atoms with Gasteiger partial charge in [-0.15, -0.1) is 0 Å². The topological polar surface area (TPSA) is 43.4 Å². The minimum atomic E-state index is -0.515. The fraction of sp³-hybridized carbons (Fsp3) is 0.154. The summed E-state index contributed by atoms with van der Waals surface area (Å²) in [6, 6.07) is 3.66. The second-order valence-corrected chi connectivity index (χ2v) is 4.47. The first kappa shape index (κ1) is 10.4. The van der Waals surface area contributed by atoms with Crippen LogP contribution in [0.25, 0.3) is 21.9 Å². The number of hydrogen-bond donors (Lipinski definition) is 0. The quantitative estimate of drug-likeness (QED) is 0.568. The van der Waals surface area contributed by atoms with Crippen molar-refractivity contribution in [1.29, 1.82) is 0 Å². The molecule has 3 rings (SSSR count). The van der Waals surface area contributed by atoms with E-state index in [2.05, 4.69) is 0 Å². The molecule has 3 nitrogen and oxygen atoms in total. The molecular weight excluding hydrogens is 240 g/mol. The molecule has 0 saturated heterocycles. The van der Waals surface area contributed by atoms with Crippen molar-refractivity contribution in [2.75, 3.05) is 0 Å². The van der Waals surface area contributed by atoms with E-state index in [-0.39, 0.29) is 5.02 Å². The highest BCUT2D eigenvalue weighted by Crippen LogP contribution is 2.29. The summed E-state index contributed by atoms with van der Waals surface area (Å²) < 4.78 is 10.5. The number of rotatable bonds is 0. The lowest BCUT2D eigenvalue weighted by Gasteiger charge is -2.02. The average molecular weight is 249 g/mol. The van der Waals surface area contributed by atoms with Gasteiger partial charge in [-0.05, 0) is 31.0 Å². The van der Waals surface area contributed by atoms with Crippen LogP contribution in [0.3, 0.4) is 0 Å². The highest BCUT2D eigenvalue weighted by Gasteiger charge is 2.12. The minimum absolute atomic E-state index is 0.137. The van der Waals surface area contributed by atoms with Crippen molar-refractivity contribution in [2.45, 2.75) is 13.8 Å². The van der Waals surface area contributed by atoms with Crippen LogP contribution in [0.4, 0.5) is 0 Å². The number of fused-ring (bicyclic) bond motifs is 2. The molecule has 0 spiro atoms. The molecule has 0 aliphatic carbocycles. The zero-order chi connectivity index (χ0) is 12.2. The van der Waals surface area contributed by atoms with Crippen molar-refractivity contribution in [3.05, 3.63) is 45.0 Å².